The molecule has 1 aromatic heterocycles. The minimum atomic E-state index is -0.0164. The quantitative estimate of drug-likeness (QED) is 0.839. The van der Waals surface area contributed by atoms with Crippen LogP contribution in [0.15, 0.2) is 10.2 Å². The lowest BCUT2D eigenvalue weighted by Crippen LogP contribution is -2.37. The van der Waals surface area contributed by atoms with Crippen LogP contribution in [-0.2, 0) is 6.54 Å². The summed E-state index contributed by atoms with van der Waals surface area (Å²) in [4.78, 5) is 13.7. The van der Waals surface area contributed by atoms with E-state index >= 15 is 0 Å². The summed E-state index contributed by atoms with van der Waals surface area (Å²) in [5.41, 5.74) is 0.914. The summed E-state index contributed by atoms with van der Waals surface area (Å²) in [6.45, 7) is 0.654. The van der Waals surface area contributed by atoms with Crippen molar-refractivity contribution in [2.45, 2.75) is 38.3 Å². The van der Waals surface area contributed by atoms with E-state index in [1.54, 1.807) is 0 Å². The molecule has 1 heterocycles. The molecule has 0 radical (unpaired) electrons. The Morgan fingerprint density at radius 2 is 2.38 bits per heavy atom. The highest BCUT2D eigenvalue weighted by atomic mass is 32.1. The predicted molar refractivity (Wildman–Crippen MR) is 63.1 cm³/mol. The van der Waals surface area contributed by atoms with E-state index in [1.165, 1.54) is 17.8 Å². The summed E-state index contributed by atoms with van der Waals surface area (Å²) in [6.07, 6.45) is 4.41. The Balaban J connectivity index is 1.89. The first-order valence-corrected chi connectivity index (χ1v) is 6.47. The molecule has 1 aliphatic rings. The second kappa shape index (κ2) is 5.28. The number of aromatic nitrogens is 1. The van der Waals surface area contributed by atoms with Gasteiger partial charge in [-0.15, -0.1) is 0 Å². The van der Waals surface area contributed by atoms with E-state index in [4.69, 9.17) is 5.26 Å². The summed E-state index contributed by atoms with van der Waals surface area (Å²) >= 11 is 1.18. The number of aromatic amines is 1. The summed E-state index contributed by atoms with van der Waals surface area (Å²) in [5.74, 6) is 0.124. The van der Waals surface area contributed by atoms with E-state index in [0.29, 0.717) is 6.54 Å². The van der Waals surface area contributed by atoms with Gasteiger partial charge in [0, 0.05) is 23.7 Å². The van der Waals surface area contributed by atoms with Gasteiger partial charge in [0.25, 0.3) is 0 Å². The van der Waals surface area contributed by atoms with Gasteiger partial charge in [-0.1, -0.05) is 24.2 Å². The molecular formula is C11H15N3OS. The SMILES string of the molecule is N#CC1CCCCC1NCc1csc(=O)[nH]1. The Hall–Kier alpha value is -1.12. The van der Waals surface area contributed by atoms with Crippen molar-refractivity contribution < 1.29 is 0 Å². The Labute approximate surface area is 98.3 Å². The molecule has 1 saturated carbocycles. The summed E-state index contributed by atoms with van der Waals surface area (Å²) in [7, 11) is 0. The van der Waals surface area contributed by atoms with Crippen LogP contribution in [0.3, 0.4) is 0 Å². The molecule has 2 rings (SSSR count). The number of hydrogen-bond acceptors (Lipinski definition) is 4. The Morgan fingerprint density at radius 3 is 3.06 bits per heavy atom. The van der Waals surface area contributed by atoms with Gasteiger partial charge >= 0.3 is 4.87 Å². The zero-order valence-corrected chi connectivity index (χ0v) is 9.85. The van der Waals surface area contributed by atoms with Crippen molar-refractivity contribution in [1.82, 2.24) is 10.3 Å². The van der Waals surface area contributed by atoms with Crippen molar-refractivity contribution in [3.8, 4) is 6.07 Å². The molecule has 0 saturated heterocycles. The molecule has 0 aromatic carbocycles. The van der Waals surface area contributed by atoms with E-state index in [2.05, 4.69) is 16.4 Å². The van der Waals surface area contributed by atoms with Crippen molar-refractivity contribution >= 4 is 11.3 Å². The van der Waals surface area contributed by atoms with Crippen molar-refractivity contribution in [3.63, 3.8) is 0 Å². The van der Waals surface area contributed by atoms with Crippen LogP contribution in [-0.4, -0.2) is 11.0 Å². The van der Waals surface area contributed by atoms with Gasteiger partial charge in [-0.3, -0.25) is 4.79 Å². The minimum Gasteiger partial charge on any atom is -0.315 e. The molecule has 0 bridgehead atoms. The Bertz CT molecular complexity index is 431. The molecule has 5 heteroatoms. The highest BCUT2D eigenvalue weighted by Gasteiger charge is 2.24. The van der Waals surface area contributed by atoms with Crippen molar-refractivity contribution in [2.24, 2.45) is 5.92 Å². The third kappa shape index (κ3) is 2.71. The van der Waals surface area contributed by atoms with Crippen LogP contribution in [0.25, 0.3) is 0 Å². The maximum atomic E-state index is 10.9. The van der Waals surface area contributed by atoms with E-state index in [-0.39, 0.29) is 16.8 Å². The third-order valence-corrected chi connectivity index (χ3v) is 3.78. The summed E-state index contributed by atoms with van der Waals surface area (Å²) in [6, 6.07) is 2.64. The molecule has 86 valence electrons. The fourth-order valence-corrected chi connectivity index (χ4v) is 2.75. The minimum absolute atomic E-state index is 0.0164. The highest BCUT2D eigenvalue weighted by molar-refractivity contribution is 7.07. The fourth-order valence-electron chi connectivity index (χ4n) is 2.17. The molecule has 0 amide bonds. The average Bonchev–Trinajstić information content (AvgIpc) is 2.73. The largest absolute Gasteiger partial charge is 0.315 e. The van der Waals surface area contributed by atoms with E-state index < -0.39 is 0 Å². The molecule has 0 aliphatic heterocycles. The lowest BCUT2D eigenvalue weighted by atomic mass is 9.85. The van der Waals surface area contributed by atoms with Gasteiger partial charge < -0.3 is 10.3 Å². The summed E-state index contributed by atoms with van der Waals surface area (Å²) < 4.78 is 0. The molecule has 16 heavy (non-hydrogen) atoms. The van der Waals surface area contributed by atoms with Crippen LogP contribution in [0.4, 0.5) is 0 Å². The Kier molecular flexibility index (Phi) is 3.75. The molecule has 2 unspecified atom stereocenters. The lowest BCUT2D eigenvalue weighted by Gasteiger charge is -2.27. The monoisotopic (exact) mass is 237 g/mol. The van der Waals surface area contributed by atoms with Crippen molar-refractivity contribution in [2.75, 3.05) is 0 Å². The topological polar surface area (TPSA) is 68.7 Å². The van der Waals surface area contributed by atoms with E-state index in [0.717, 1.165) is 25.0 Å². The second-order valence-electron chi connectivity index (χ2n) is 4.18. The van der Waals surface area contributed by atoms with Gasteiger partial charge in [0.05, 0.1) is 12.0 Å². The van der Waals surface area contributed by atoms with Crippen molar-refractivity contribution in [3.05, 3.63) is 20.7 Å². The fraction of sp³-hybridized carbons (Fsp3) is 0.636. The van der Waals surface area contributed by atoms with Crippen LogP contribution in [0, 0.1) is 17.2 Å². The van der Waals surface area contributed by atoms with Gasteiger partial charge in [0.15, 0.2) is 0 Å². The molecule has 1 aliphatic carbocycles. The van der Waals surface area contributed by atoms with Crippen LogP contribution in [0.2, 0.25) is 0 Å². The van der Waals surface area contributed by atoms with Crippen LogP contribution >= 0.6 is 11.3 Å². The second-order valence-corrected chi connectivity index (χ2v) is 5.02. The number of thiazole rings is 1. The summed E-state index contributed by atoms with van der Waals surface area (Å²) in [5, 5.41) is 14.2. The predicted octanol–water partition coefficient (Wildman–Crippen LogP) is 1.61. The number of nitrogens with zero attached hydrogens (tertiary/aromatic N) is 1. The standard InChI is InChI=1S/C11H15N3OS/c12-5-8-3-1-2-4-10(8)13-6-9-7-16-11(15)14-9/h7-8,10,13H,1-4,6H2,(H,14,15). The highest BCUT2D eigenvalue weighted by Crippen LogP contribution is 2.23. The first-order chi connectivity index (χ1) is 7.79. The number of nitrogens with one attached hydrogen (secondary N) is 2. The van der Waals surface area contributed by atoms with Crippen LogP contribution < -0.4 is 10.2 Å². The normalized spacial score (nSPS) is 25.2. The average molecular weight is 237 g/mol. The molecule has 1 aromatic rings. The molecule has 2 N–H and O–H groups in total. The van der Waals surface area contributed by atoms with Gasteiger partial charge in [0.2, 0.25) is 0 Å². The maximum Gasteiger partial charge on any atom is 0.304 e. The van der Waals surface area contributed by atoms with Gasteiger partial charge in [-0.2, -0.15) is 5.26 Å². The van der Waals surface area contributed by atoms with Gasteiger partial charge in [-0.05, 0) is 12.8 Å². The smallest absolute Gasteiger partial charge is 0.304 e. The Morgan fingerprint density at radius 1 is 1.56 bits per heavy atom. The number of hydrogen-bond donors (Lipinski definition) is 2. The first kappa shape index (κ1) is 11.4. The first-order valence-electron chi connectivity index (χ1n) is 5.59. The molecule has 2 atom stereocenters. The van der Waals surface area contributed by atoms with Crippen LogP contribution in [0.1, 0.15) is 31.4 Å². The third-order valence-electron chi connectivity index (χ3n) is 3.06. The molecule has 0 spiro atoms. The number of H-pyrrole nitrogens is 1. The maximum absolute atomic E-state index is 10.9. The zero-order valence-electron chi connectivity index (χ0n) is 9.03. The van der Waals surface area contributed by atoms with Gasteiger partial charge in [-0.25, -0.2) is 0 Å². The van der Waals surface area contributed by atoms with Crippen LogP contribution in [0.5, 0.6) is 0 Å². The lowest BCUT2D eigenvalue weighted by molar-refractivity contribution is 0.310. The number of rotatable bonds is 3. The van der Waals surface area contributed by atoms with Crippen molar-refractivity contribution in [1.29, 1.82) is 5.26 Å². The van der Waals surface area contributed by atoms with E-state index in [9.17, 15) is 4.79 Å². The number of nitriles is 1. The molecule has 4 nitrogen and oxygen atoms in total. The van der Waals surface area contributed by atoms with E-state index in [1.807, 2.05) is 5.38 Å². The van der Waals surface area contributed by atoms with Gasteiger partial charge in [0.1, 0.15) is 0 Å². The zero-order chi connectivity index (χ0) is 11.4. The molecular weight excluding hydrogens is 222 g/mol. The molecule has 1 fully saturated rings.